The highest BCUT2D eigenvalue weighted by molar-refractivity contribution is 6.08. The van der Waals surface area contributed by atoms with Crippen LogP contribution in [0.3, 0.4) is 0 Å². The molecule has 2 fully saturated rings. The number of aromatic amines is 2. The number of hydrogen-bond acceptors (Lipinski definition) is 5. The van der Waals surface area contributed by atoms with Gasteiger partial charge in [0.1, 0.15) is 17.8 Å². The van der Waals surface area contributed by atoms with Crippen molar-refractivity contribution < 1.29 is 4.79 Å². The molecule has 1 spiro atoms. The van der Waals surface area contributed by atoms with E-state index in [0.29, 0.717) is 6.54 Å². The topological polar surface area (TPSA) is 80.9 Å². The van der Waals surface area contributed by atoms with E-state index >= 15 is 0 Å². The normalized spacial score (nSPS) is 18.7. The molecule has 1 saturated carbocycles. The van der Waals surface area contributed by atoms with Gasteiger partial charge >= 0.3 is 0 Å². The summed E-state index contributed by atoms with van der Waals surface area (Å²) >= 11 is 0. The molecular weight excluding hydrogens is 364 g/mol. The lowest BCUT2D eigenvalue weighted by atomic mass is 10.1. The summed E-state index contributed by atoms with van der Waals surface area (Å²) in [6, 6.07) is 10.0. The molecule has 0 bridgehead atoms. The van der Waals surface area contributed by atoms with E-state index in [2.05, 4.69) is 29.7 Å². The van der Waals surface area contributed by atoms with E-state index in [-0.39, 0.29) is 11.3 Å². The van der Waals surface area contributed by atoms with E-state index in [4.69, 9.17) is 0 Å². The Morgan fingerprint density at radius 3 is 2.86 bits per heavy atom. The number of para-hydroxylation sites is 1. The van der Waals surface area contributed by atoms with E-state index in [1.807, 2.05) is 42.7 Å². The van der Waals surface area contributed by atoms with Crippen molar-refractivity contribution >= 4 is 33.5 Å². The third-order valence-electron chi connectivity index (χ3n) is 6.48. The van der Waals surface area contributed by atoms with Gasteiger partial charge in [-0.15, -0.1) is 0 Å². The molecule has 4 heterocycles. The highest BCUT2D eigenvalue weighted by Gasteiger charge is 2.52. The second-order valence-corrected chi connectivity index (χ2v) is 8.18. The van der Waals surface area contributed by atoms with Gasteiger partial charge in [-0.2, -0.15) is 0 Å². The lowest BCUT2D eigenvalue weighted by Gasteiger charge is -2.42. The Morgan fingerprint density at radius 1 is 1.07 bits per heavy atom. The molecule has 1 aromatic carbocycles. The first-order chi connectivity index (χ1) is 14.2. The van der Waals surface area contributed by atoms with Gasteiger partial charge in [0, 0.05) is 54.0 Å². The van der Waals surface area contributed by atoms with Gasteiger partial charge in [-0.1, -0.05) is 18.2 Å². The van der Waals surface area contributed by atoms with Crippen molar-refractivity contribution in [3.05, 3.63) is 54.6 Å². The highest BCUT2D eigenvalue weighted by atomic mass is 16.1. The molecular formula is C22H22N6O. The van der Waals surface area contributed by atoms with Crippen LogP contribution in [0.5, 0.6) is 0 Å². The molecule has 6 rings (SSSR count). The molecule has 7 heteroatoms. The molecule has 2 aliphatic rings. The predicted molar refractivity (Wildman–Crippen MR) is 112 cm³/mol. The molecule has 0 unspecified atom stereocenters. The molecule has 7 nitrogen and oxygen atoms in total. The molecule has 4 aromatic rings. The van der Waals surface area contributed by atoms with Gasteiger partial charge in [0.05, 0.1) is 11.9 Å². The maximum atomic E-state index is 13.1. The Kier molecular flexibility index (Phi) is 3.55. The van der Waals surface area contributed by atoms with Gasteiger partial charge in [-0.05, 0) is 25.0 Å². The largest absolute Gasteiger partial charge is 0.360 e. The third-order valence-corrected chi connectivity index (χ3v) is 6.48. The molecule has 1 aliphatic heterocycles. The van der Waals surface area contributed by atoms with Crippen molar-refractivity contribution in [3.63, 3.8) is 0 Å². The van der Waals surface area contributed by atoms with Crippen LogP contribution >= 0.6 is 0 Å². The van der Waals surface area contributed by atoms with Crippen molar-refractivity contribution in [1.29, 1.82) is 0 Å². The van der Waals surface area contributed by atoms with Crippen LogP contribution in [0, 0.1) is 0 Å². The number of benzene rings is 1. The number of carbonyl (C=O) groups is 1. The number of Topliss-reactive ketones (excluding diaryl/α,β-unsaturated/α-hetero) is 1. The lowest BCUT2D eigenvalue weighted by molar-refractivity contribution is 0.0853. The van der Waals surface area contributed by atoms with Gasteiger partial charge in [0.15, 0.2) is 5.78 Å². The average molecular weight is 386 g/mol. The number of carbonyl (C=O) groups excluding carboxylic acids is 1. The van der Waals surface area contributed by atoms with Crippen molar-refractivity contribution in [3.8, 4) is 0 Å². The van der Waals surface area contributed by atoms with Gasteiger partial charge in [0.2, 0.25) is 0 Å². The minimum Gasteiger partial charge on any atom is -0.360 e. The number of H-pyrrole nitrogens is 2. The van der Waals surface area contributed by atoms with Gasteiger partial charge < -0.3 is 14.9 Å². The Hall–Kier alpha value is -3.19. The van der Waals surface area contributed by atoms with E-state index in [0.717, 1.165) is 65.8 Å². The first-order valence-corrected chi connectivity index (χ1v) is 10.1. The van der Waals surface area contributed by atoms with E-state index in [1.165, 1.54) is 0 Å². The molecule has 0 amide bonds. The Morgan fingerprint density at radius 2 is 1.97 bits per heavy atom. The number of aromatic nitrogens is 4. The first kappa shape index (κ1) is 16.7. The van der Waals surface area contributed by atoms with Crippen LogP contribution < -0.4 is 4.90 Å². The monoisotopic (exact) mass is 386 g/mol. The SMILES string of the molecule is O=C(CN1CCN(c2ncnc3[nH]ccc23)CC12CC2)c1c[nH]c2ccccc12. The van der Waals surface area contributed by atoms with E-state index < -0.39 is 0 Å². The summed E-state index contributed by atoms with van der Waals surface area (Å²) in [6.07, 6.45) is 7.65. The number of rotatable bonds is 4. The lowest BCUT2D eigenvalue weighted by Crippen LogP contribution is -2.56. The summed E-state index contributed by atoms with van der Waals surface area (Å²) in [7, 11) is 0. The Balaban J connectivity index is 1.23. The van der Waals surface area contributed by atoms with Crippen LogP contribution in [0.15, 0.2) is 49.1 Å². The quantitative estimate of drug-likeness (QED) is 0.527. The summed E-state index contributed by atoms with van der Waals surface area (Å²) in [5.74, 6) is 1.18. The fraction of sp³-hybridized carbons (Fsp3) is 0.318. The van der Waals surface area contributed by atoms with Crippen LogP contribution in [-0.4, -0.2) is 62.3 Å². The number of ketones is 1. The maximum absolute atomic E-state index is 13.1. The van der Waals surface area contributed by atoms with Gasteiger partial charge in [-0.3, -0.25) is 9.69 Å². The molecule has 2 N–H and O–H groups in total. The molecule has 1 aliphatic carbocycles. The van der Waals surface area contributed by atoms with E-state index in [1.54, 1.807) is 6.33 Å². The highest BCUT2D eigenvalue weighted by Crippen LogP contribution is 2.45. The first-order valence-electron chi connectivity index (χ1n) is 10.1. The minimum absolute atomic E-state index is 0.0909. The number of piperazine rings is 1. The van der Waals surface area contributed by atoms with Crippen molar-refractivity contribution in [2.24, 2.45) is 0 Å². The van der Waals surface area contributed by atoms with Crippen LogP contribution in [-0.2, 0) is 0 Å². The number of hydrogen-bond donors (Lipinski definition) is 2. The van der Waals surface area contributed by atoms with Crippen molar-refractivity contribution in [1.82, 2.24) is 24.8 Å². The van der Waals surface area contributed by atoms with Crippen LogP contribution in [0.1, 0.15) is 23.2 Å². The third kappa shape index (κ3) is 2.65. The zero-order valence-electron chi connectivity index (χ0n) is 16.1. The van der Waals surface area contributed by atoms with Crippen LogP contribution in [0.2, 0.25) is 0 Å². The molecule has 3 aromatic heterocycles. The fourth-order valence-electron chi connectivity index (χ4n) is 4.73. The van der Waals surface area contributed by atoms with E-state index in [9.17, 15) is 4.79 Å². The number of nitrogens with one attached hydrogen (secondary N) is 2. The zero-order valence-corrected chi connectivity index (χ0v) is 16.1. The average Bonchev–Trinajstić information content (AvgIpc) is 3.17. The standard InChI is InChI=1S/C22H22N6O/c29-19(17-11-24-18-4-2-1-3-15(17)18)12-28-10-9-27(13-22(28)6-7-22)21-16-5-8-23-20(16)25-14-26-21/h1-5,8,11,14,24H,6-7,9-10,12-13H2,(H,23,25,26). The van der Waals surface area contributed by atoms with Crippen LogP contribution in [0.4, 0.5) is 5.82 Å². The summed E-state index contributed by atoms with van der Waals surface area (Å²) < 4.78 is 0. The Labute approximate surface area is 167 Å². The second kappa shape index (κ2) is 6.15. The molecule has 29 heavy (non-hydrogen) atoms. The fourth-order valence-corrected chi connectivity index (χ4v) is 4.73. The molecule has 0 radical (unpaired) electrons. The summed E-state index contributed by atoms with van der Waals surface area (Å²) in [5.41, 5.74) is 2.77. The van der Waals surface area contributed by atoms with Gasteiger partial charge in [0.25, 0.3) is 0 Å². The summed E-state index contributed by atoms with van der Waals surface area (Å²) in [4.78, 5) is 33.1. The van der Waals surface area contributed by atoms with Gasteiger partial charge in [-0.25, -0.2) is 9.97 Å². The van der Waals surface area contributed by atoms with Crippen molar-refractivity contribution in [2.75, 3.05) is 31.1 Å². The van der Waals surface area contributed by atoms with Crippen molar-refractivity contribution in [2.45, 2.75) is 18.4 Å². The molecule has 0 atom stereocenters. The minimum atomic E-state index is 0.0909. The molecule has 1 saturated heterocycles. The van der Waals surface area contributed by atoms with Crippen LogP contribution in [0.25, 0.3) is 21.9 Å². The molecule has 146 valence electrons. The second-order valence-electron chi connectivity index (χ2n) is 8.18. The summed E-state index contributed by atoms with van der Waals surface area (Å²) in [6.45, 7) is 3.11. The maximum Gasteiger partial charge on any atom is 0.178 e. The summed E-state index contributed by atoms with van der Waals surface area (Å²) in [5, 5.41) is 2.07. The Bertz CT molecular complexity index is 1220. The predicted octanol–water partition coefficient (Wildman–Crippen LogP) is 2.98. The number of fused-ring (bicyclic) bond motifs is 2. The number of anilines is 1. The number of nitrogens with zero attached hydrogens (tertiary/aromatic N) is 4. The smallest absolute Gasteiger partial charge is 0.178 e. The zero-order chi connectivity index (χ0) is 19.4.